The lowest BCUT2D eigenvalue weighted by atomic mass is 9.83. The van der Waals surface area contributed by atoms with Gasteiger partial charge in [-0.2, -0.15) is 5.26 Å². The van der Waals surface area contributed by atoms with E-state index in [9.17, 15) is 9.65 Å². The highest BCUT2D eigenvalue weighted by Gasteiger charge is 2.35. The van der Waals surface area contributed by atoms with Gasteiger partial charge in [-0.25, -0.2) is 4.39 Å². The third-order valence-corrected chi connectivity index (χ3v) is 6.41. The molecule has 7 nitrogen and oxygen atoms in total. The van der Waals surface area contributed by atoms with Gasteiger partial charge in [0.25, 0.3) is 0 Å². The van der Waals surface area contributed by atoms with Crippen molar-refractivity contribution in [3.63, 3.8) is 0 Å². The Morgan fingerprint density at radius 1 is 1.03 bits per heavy atom. The molecular weight excluding hydrogens is 483 g/mol. The molecule has 0 saturated carbocycles. The van der Waals surface area contributed by atoms with E-state index in [0.29, 0.717) is 29.4 Å². The number of hydrogen-bond acceptors (Lipinski definition) is 6. The van der Waals surface area contributed by atoms with Crippen molar-refractivity contribution in [3.8, 4) is 34.7 Å². The maximum atomic E-state index is 13.9. The number of hydrogen-bond donors (Lipinski definition) is 2. The fraction of sp³-hybridized carbons (Fsp3) is 0.200. The number of ether oxygens (including phenoxy) is 3. The van der Waals surface area contributed by atoms with Crippen molar-refractivity contribution < 1.29 is 18.6 Å². The highest BCUT2D eigenvalue weighted by Crippen LogP contribution is 2.46. The van der Waals surface area contributed by atoms with Crippen LogP contribution in [0.2, 0.25) is 0 Å². The minimum Gasteiger partial charge on any atom is -0.494 e. The fourth-order valence-corrected chi connectivity index (χ4v) is 4.38. The Balaban J connectivity index is 1.43. The van der Waals surface area contributed by atoms with Crippen LogP contribution in [-0.4, -0.2) is 16.8 Å². The normalized spacial score (nSPS) is 14.4. The minimum absolute atomic E-state index is 0.0163. The molecule has 0 saturated heterocycles. The number of unbranched alkanes of at least 4 members (excludes halogenated alkanes) is 1. The van der Waals surface area contributed by atoms with E-state index in [-0.39, 0.29) is 18.3 Å². The SMILES string of the molecule is CCCCOc1ccc(-c2[nH]nc3c2C(c2ccc(OCc4ccccc4F)cc2)C(C#N)=C(N)O3)cc1. The summed E-state index contributed by atoms with van der Waals surface area (Å²) in [7, 11) is 0. The number of aromatic nitrogens is 2. The lowest BCUT2D eigenvalue weighted by molar-refractivity contribution is 0.299. The van der Waals surface area contributed by atoms with Crippen LogP contribution in [0, 0.1) is 17.1 Å². The first-order chi connectivity index (χ1) is 18.6. The van der Waals surface area contributed by atoms with Crippen LogP contribution in [0.15, 0.2) is 84.3 Å². The zero-order chi connectivity index (χ0) is 26.5. The number of nitrogens with two attached hydrogens (primary N) is 1. The highest BCUT2D eigenvalue weighted by molar-refractivity contribution is 5.71. The monoisotopic (exact) mass is 510 g/mol. The predicted octanol–water partition coefficient (Wildman–Crippen LogP) is 6.19. The molecule has 38 heavy (non-hydrogen) atoms. The Bertz CT molecular complexity index is 1490. The Morgan fingerprint density at radius 2 is 1.74 bits per heavy atom. The molecule has 5 rings (SSSR count). The zero-order valence-corrected chi connectivity index (χ0v) is 20.9. The largest absolute Gasteiger partial charge is 0.494 e. The van der Waals surface area contributed by atoms with E-state index < -0.39 is 5.92 Å². The van der Waals surface area contributed by atoms with Gasteiger partial charge in [-0.05, 0) is 54.4 Å². The number of nitrogens with one attached hydrogen (secondary N) is 1. The summed E-state index contributed by atoms with van der Waals surface area (Å²) in [5.41, 5.74) is 10.0. The number of H-pyrrole nitrogens is 1. The van der Waals surface area contributed by atoms with Gasteiger partial charge in [0, 0.05) is 11.1 Å². The van der Waals surface area contributed by atoms with Crippen LogP contribution >= 0.6 is 0 Å². The number of nitriles is 1. The molecular formula is C30H27FN4O3. The molecule has 4 aromatic rings. The Hall–Kier alpha value is -4.77. The molecule has 1 unspecified atom stereocenters. The van der Waals surface area contributed by atoms with Crippen LogP contribution in [0.1, 0.15) is 42.4 Å². The van der Waals surface area contributed by atoms with E-state index in [1.165, 1.54) is 6.07 Å². The van der Waals surface area contributed by atoms with Gasteiger partial charge in [0.15, 0.2) is 0 Å². The maximum absolute atomic E-state index is 13.9. The van der Waals surface area contributed by atoms with Gasteiger partial charge >= 0.3 is 0 Å². The summed E-state index contributed by atoms with van der Waals surface area (Å²) in [5.74, 6) is 0.888. The van der Waals surface area contributed by atoms with Gasteiger partial charge in [0.05, 0.1) is 23.8 Å². The summed E-state index contributed by atoms with van der Waals surface area (Å²) >= 11 is 0. The van der Waals surface area contributed by atoms with Gasteiger partial charge in [-0.15, -0.1) is 5.10 Å². The fourth-order valence-electron chi connectivity index (χ4n) is 4.38. The van der Waals surface area contributed by atoms with E-state index >= 15 is 0 Å². The van der Waals surface area contributed by atoms with Gasteiger partial charge in [-0.1, -0.05) is 43.7 Å². The van der Waals surface area contributed by atoms with Crippen molar-refractivity contribution in [1.29, 1.82) is 5.26 Å². The zero-order valence-electron chi connectivity index (χ0n) is 20.9. The lowest BCUT2D eigenvalue weighted by Crippen LogP contribution is -2.21. The van der Waals surface area contributed by atoms with Crippen molar-refractivity contribution in [2.75, 3.05) is 6.61 Å². The molecule has 1 aliphatic heterocycles. The third kappa shape index (κ3) is 5.04. The second-order valence-electron chi connectivity index (χ2n) is 8.92. The third-order valence-electron chi connectivity index (χ3n) is 6.41. The van der Waals surface area contributed by atoms with Gasteiger partial charge < -0.3 is 19.9 Å². The number of nitrogens with zero attached hydrogens (tertiary/aromatic N) is 2. The average Bonchev–Trinajstić information content (AvgIpc) is 3.36. The Kier molecular flexibility index (Phi) is 7.27. The molecule has 3 N–H and O–H groups in total. The summed E-state index contributed by atoms with van der Waals surface area (Å²) in [4.78, 5) is 0. The van der Waals surface area contributed by atoms with E-state index in [2.05, 4.69) is 23.2 Å². The molecule has 2 heterocycles. The Labute approximate surface area is 220 Å². The van der Waals surface area contributed by atoms with Crippen molar-refractivity contribution in [2.24, 2.45) is 5.73 Å². The first-order valence-electron chi connectivity index (χ1n) is 12.4. The van der Waals surface area contributed by atoms with Crippen LogP contribution in [0.25, 0.3) is 11.3 Å². The van der Waals surface area contributed by atoms with Gasteiger partial charge in [0.2, 0.25) is 11.8 Å². The number of halogens is 1. The molecule has 1 aliphatic rings. The second-order valence-corrected chi connectivity index (χ2v) is 8.92. The first-order valence-corrected chi connectivity index (χ1v) is 12.4. The molecule has 192 valence electrons. The van der Waals surface area contributed by atoms with Crippen LogP contribution in [0.5, 0.6) is 17.4 Å². The van der Waals surface area contributed by atoms with Crippen LogP contribution in [0.4, 0.5) is 4.39 Å². The molecule has 0 amide bonds. The lowest BCUT2D eigenvalue weighted by Gasteiger charge is -2.24. The molecule has 0 radical (unpaired) electrons. The Morgan fingerprint density at radius 3 is 2.45 bits per heavy atom. The summed E-state index contributed by atoms with van der Waals surface area (Å²) < 4.78 is 31.2. The number of rotatable bonds is 9. The predicted molar refractivity (Wildman–Crippen MR) is 141 cm³/mol. The number of aromatic amines is 1. The van der Waals surface area contributed by atoms with Crippen LogP contribution in [-0.2, 0) is 6.61 Å². The van der Waals surface area contributed by atoms with Crippen LogP contribution < -0.4 is 19.9 Å². The highest BCUT2D eigenvalue weighted by atomic mass is 19.1. The summed E-state index contributed by atoms with van der Waals surface area (Å²) in [6, 6.07) is 23.7. The number of allylic oxidation sites excluding steroid dienone is 1. The summed E-state index contributed by atoms with van der Waals surface area (Å²) in [6.45, 7) is 2.89. The summed E-state index contributed by atoms with van der Waals surface area (Å²) in [6.07, 6.45) is 2.06. The standard InChI is InChI=1S/C30H27FN4O3/c1-2-3-16-36-22-14-10-20(11-15-22)28-27-26(24(17-32)29(33)38-30(27)35-34-28)19-8-12-23(13-9-19)37-18-21-6-4-5-7-25(21)31/h4-15,26H,2-3,16,18,33H2,1H3,(H,34,35). The van der Waals surface area contributed by atoms with Crippen molar-refractivity contribution >= 4 is 0 Å². The minimum atomic E-state index is -0.501. The van der Waals surface area contributed by atoms with E-state index in [4.69, 9.17) is 19.9 Å². The first kappa shape index (κ1) is 24.9. The molecule has 8 heteroatoms. The molecule has 0 spiro atoms. The molecule has 0 fully saturated rings. The van der Waals surface area contributed by atoms with E-state index in [1.807, 2.05) is 36.4 Å². The van der Waals surface area contributed by atoms with Crippen molar-refractivity contribution in [1.82, 2.24) is 10.2 Å². The summed E-state index contributed by atoms with van der Waals surface area (Å²) in [5, 5.41) is 17.4. The van der Waals surface area contributed by atoms with Crippen molar-refractivity contribution in [2.45, 2.75) is 32.3 Å². The van der Waals surface area contributed by atoms with Crippen molar-refractivity contribution in [3.05, 3.63) is 107 Å². The molecule has 0 aliphatic carbocycles. The molecule has 1 atom stereocenters. The van der Waals surface area contributed by atoms with E-state index in [0.717, 1.165) is 41.0 Å². The topological polar surface area (TPSA) is 106 Å². The smallest absolute Gasteiger partial charge is 0.244 e. The van der Waals surface area contributed by atoms with Gasteiger partial charge in [0.1, 0.15) is 35.6 Å². The quantitative estimate of drug-likeness (QED) is 0.260. The van der Waals surface area contributed by atoms with Gasteiger partial charge in [-0.3, -0.25) is 5.10 Å². The number of fused-ring (bicyclic) bond motifs is 1. The molecule has 3 aromatic carbocycles. The second kappa shape index (κ2) is 11.1. The van der Waals surface area contributed by atoms with Crippen LogP contribution in [0.3, 0.4) is 0 Å². The molecule has 1 aromatic heterocycles. The van der Waals surface area contributed by atoms with E-state index in [1.54, 1.807) is 30.3 Å². The molecule has 0 bridgehead atoms. The number of benzene rings is 3. The average molecular weight is 511 g/mol. The maximum Gasteiger partial charge on any atom is 0.244 e.